The van der Waals surface area contributed by atoms with E-state index in [4.69, 9.17) is 11.6 Å². The van der Waals surface area contributed by atoms with Gasteiger partial charge < -0.3 is 10.2 Å². The zero-order valence-corrected chi connectivity index (χ0v) is 13.5. The average Bonchev–Trinajstić information content (AvgIpc) is 2.81. The van der Waals surface area contributed by atoms with Gasteiger partial charge in [0.05, 0.1) is 0 Å². The molecule has 0 bridgehead atoms. The summed E-state index contributed by atoms with van der Waals surface area (Å²) in [6.07, 6.45) is 4.34. The monoisotopic (exact) mass is 320 g/mol. The van der Waals surface area contributed by atoms with E-state index in [0.29, 0.717) is 24.4 Å². The maximum Gasteiger partial charge on any atom is 0.243 e. The topological polar surface area (TPSA) is 49.4 Å². The molecule has 0 spiro atoms. The van der Waals surface area contributed by atoms with E-state index in [0.717, 1.165) is 30.4 Å². The van der Waals surface area contributed by atoms with Gasteiger partial charge in [0.1, 0.15) is 6.04 Å². The van der Waals surface area contributed by atoms with Crippen LogP contribution in [0.4, 0.5) is 0 Å². The molecule has 1 aliphatic heterocycles. The number of halogens is 1. The van der Waals surface area contributed by atoms with E-state index in [1.807, 2.05) is 30.0 Å². The SMILES string of the molecule is Cc1c(Cl)cccc1CNC(=O)C1CCC(=O)N1C1CCC1. The third-order valence-corrected chi connectivity index (χ3v) is 5.27. The molecule has 5 heteroatoms. The first kappa shape index (κ1) is 15.3. The fraction of sp³-hybridized carbons (Fsp3) is 0.529. The summed E-state index contributed by atoms with van der Waals surface area (Å²) in [5, 5.41) is 3.68. The fourth-order valence-electron chi connectivity index (χ4n) is 3.23. The Balaban J connectivity index is 1.64. The van der Waals surface area contributed by atoms with E-state index in [9.17, 15) is 9.59 Å². The van der Waals surface area contributed by atoms with Crippen LogP contribution in [0.1, 0.15) is 43.2 Å². The van der Waals surface area contributed by atoms with Crippen molar-refractivity contribution in [3.63, 3.8) is 0 Å². The number of nitrogens with zero attached hydrogens (tertiary/aromatic N) is 1. The van der Waals surface area contributed by atoms with Crippen molar-refractivity contribution in [1.29, 1.82) is 0 Å². The van der Waals surface area contributed by atoms with Crippen LogP contribution in [0.2, 0.25) is 5.02 Å². The molecule has 1 saturated heterocycles. The summed E-state index contributed by atoms with van der Waals surface area (Å²) >= 11 is 6.10. The second-order valence-electron chi connectivity index (χ2n) is 6.18. The van der Waals surface area contributed by atoms with Crippen molar-refractivity contribution in [3.8, 4) is 0 Å². The molecule has 2 aliphatic rings. The van der Waals surface area contributed by atoms with Crippen LogP contribution in [0.25, 0.3) is 0 Å². The smallest absolute Gasteiger partial charge is 0.243 e. The molecule has 1 heterocycles. The van der Waals surface area contributed by atoms with Crippen molar-refractivity contribution in [1.82, 2.24) is 10.2 Å². The second kappa shape index (κ2) is 6.29. The van der Waals surface area contributed by atoms with Crippen LogP contribution in [0.5, 0.6) is 0 Å². The molecule has 4 nitrogen and oxygen atoms in total. The van der Waals surface area contributed by atoms with Crippen LogP contribution in [0.15, 0.2) is 18.2 Å². The first-order valence-corrected chi connectivity index (χ1v) is 8.28. The molecular weight excluding hydrogens is 300 g/mol. The minimum Gasteiger partial charge on any atom is -0.350 e. The third-order valence-electron chi connectivity index (χ3n) is 4.86. The highest BCUT2D eigenvalue weighted by atomic mass is 35.5. The van der Waals surface area contributed by atoms with Gasteiger partial charge in [-0.05, 0) is 49.8 Å². The molecule has 1 aromatic rings. The van der Waals surface area contributed by atoms with Gasteiger partial charge in [0.15, 0.2) is 0 Å². The van der Waals surface area contributed by atoms with Crippen molar-refractivity contribution >= 4 is 23.4 Å². The van der Waals surface area contributed by atoms with Gasteiger partial charge in [-0.25, -0.2) is 0 Å². The van der Waals surface area contributed by atoms with E-state index < -0.39 is 0 Å². The quantitative estimate of drug-likeness (QED) is 0.927. The molecule has 2 fully saturated rings. The van der Waals surface area contributed by atoms with E-state index in [1.165, 1.54) is 0 Å². The predicted molar refractivity (Wildman–Crippen MR) is 85.5 cm³/mol. The molecule has 118 valence electrons. The van der Waals surface area contributed by atoms with Crippen LogP contribution in [0.3, 0.4) is 0 Å². The van der Waals surface area contributed by atoms with Gasteiger partial charge >= 0.3 is 0 Å². The summed E-state index contributed by atoms with van der Waals surface area (Å²) in [5.41, 5.74) is 2.00. The molecule has 0 radical (unpaired) electrons. The van der Waals surface area contributed by atoms with Crippen LogP contribution in [-0.2, 0) is 16.1 Å². The molecule has 1 atom stereocenters. The highest BCUT2D eigenvalue weighted by Gasteiger charge is 2.41. The molecule has 3 rings (SSSR count). The number of hydrogen-bond donors (Lipinski definition) is 1. The minimum atomic E-state index is -0.294. The van der Waals surface area contributed by atoms with E-state index in [2.05, 4.69) is 5.32 Å². The first-order valence-electron chi connectivity index (χ1n) is 7.91. The minimum absolute atomic E-state index is 0.0443. The zero-order chi connectivity index (χ0) is 15.7. The lowest BCUT2D eigenvalue weighted by Crippen LogP contribution is -2.51. The molecular formula is C17H21ClN2O2. The maximum absolute atomic E-state index is 12.5. The molecule has 1 aliphatic carbocycles. The van der Waals surface area contributed by atoms with Gasteiger partial charge in [-0.1, -0.05) is 23.7 Å². The Morgan fingerprint density at radius 2 is 2.14 bits per heavy atom. The van der Waals surface area contributed by atoms with Crippen LogP contribution in [0, 0.1) is 6.92 Å². The van der Waals surface area contributed by atoms with E-state index in [1.54, 1.807) is 0 Å². The van der Waals surface area contributed by atoms with Gasteiger partial charge in [0, 0.05) is 24.0 Å². The Kier molecular flexibility index (Phi) is 4.39. The summed E-state index contributed by atoms with van der Waals surface area (Å²) < 4.78 is 0. The number of rotatable bonds is 4. The molecule has 1 aromatic carbocycles. The second-order valence-corrected chi connectivity index (χ2v) is 6.59. The normalized spacial score (nSPS) is 21.8. The van der Waals surface area contributed by atoms with Crippen molar-refractivity contribution in [2.75, 3.05) is 0 Å². The lowest BCUT2D eigenvalue weighted by Gasteiger charge is -2.38. The largest absolute Gasteiger partial charge is 0.350 e. The van der Waals surface area contributed by atoms with Gasteiger partial charge in [0.2, 0.25) is 11.8 Å². The van der Waals surface area contributed by atoms with Gasteiger partial charge in [0.25, 0.3) is 0 Å². The van der Waals surface area contributed by atoms with Crippen LogP contribution >= 0.6 is 11.6 Å². The number of amides is 2. The average molecular weight is 321 g/mol. The Bertz CT molecular complexity index is 598. The third kappa shape index (κ3) is 2.84. The van der Waals surface area contributed by atoms with E-state index >= 15 is 0 Å². The Morgan fingerprint density at radius 1 is 1.36 bits per heavy atom. The number of benzene rings is 1. The summed E-state index contributed by atoms with van der Waals surface area (Å²) in [7, 11) is 0. The Hall–Kier alpha value is -1.55. The van der Waals surface area contributed by atoms with Gasteiger partial charge in [-0.3, -0.25) is 9.59 Å². The lowest BCUT2D eigenvalue weighted by molar-refractivity contribution is -0.139. The summed E-state index contributed by atoms with van der Waals surface area (Å²) in [5.74, 6) is 0.0842. The molecule has 2 amide bonds. The van der Waals surface area contributed by atoms with Gasteiger partial charge in [-0.15, -0.1) is 0 Å². The molecule has 1 unspecified atom stereocenters. The first-order chi connectivity index (χ1) is 10.6. The van der Waals surface area contributed by atoms with Crippen molar-refractivity contribution < 1.29 is 9.59 Å². The van der Waals surface area contributed by atoms with Crippen LogP contribution < -0.4 is 5.32 Å². The number of likely N-dealkylation sites (tertiary alicyclic amines) is 1. The predicted octanol–water partition coefficient (Wildman–Crippen LogP) is 2.81. The molecule has 1 saturated carbocycles. The fourth-order valence-corrected chi connectivity index (χ4v) is 3.42. The van der Waals surface area contributed by atoms with Crippen LogP contribution in [-0.4, -0.2) is 28.8 Å². The highest BCUT2D eigenvalue weighted by molar-refractivity contribution is 6.31. The van der Waals surface area contributed by atoms with E-state index in [-0.39, 0.29) is 23.9 Å². The number of hydrogen-bond acceptors (Lipinski definition) is 2. The number of carbonyl (C=O) groups excluding carboxylic acids is 2. The number of nitrogens with one attached hydrogen (secondary N) is 1. The summed E-state index contributed by atoms with van der Waals surface area (Å²) in [6, 6.07) is 5.67. The lowest BCUT2D eigenvalue weighted by atomic mass is 9.91. The maximum atomic E-state index is 12.5. The van der Waals surface area contributed by atoms with Crippen molar-refractivity contribution in [2.24, 2.45) is 0 Å². The summed E-state index contributed by atoms with van der Waals surface area (Å²) in [6.45, 7) is 2.40. The zero-order valence-electron chi connectivity index (χ0n) is 12.8. The molecule has 1 N–H and O–H groups in total. The molecule has 0 aromatic heterocycles. The standard InChI is InChI=1S/C17H21ClN2O2/c1-11-12(4-2-7-14(11)18)10-19-17(22)15-8-9-16(21)20(15)13-5-3-6-13/h2,4,7,13,15H,3,5-6,8-10H2,1H3,(H,19,22). The number of carbonyl (C=O) groups is 2. The van der Waals surface area contributed by atoms with Crippen molar-refractivity contribution in [3.05, 3.63) is 34.3 Å². The molecule has 22 heavy (non-hydrogen) atoms. The Morgan fingerprint density at radius 3 is 2.82 bits per heavy atom. The van der Waals surface area contributed by atoms with Crippen molar-refractivity contribution in [2.45, 2.75) is 57.7 Å². The Labute approximate surface area is 135 Å². The highest BCUT2D eigenvalue weighted by Crippen LogP contribution is 2.32. The summed E-state index contributed by atoms with van der Waals surface area (Å²) in [4.78, 5) is 26.3. The van der Waals surface area contributed by atoms with Gasteiger partial charge in [-0.2, -0.15) is 0 Å².